The van der Waals surface area contributed by atoms with Gasteiger partial charge in [-0.05, 0) is 24.8 Å². The lowest BCUT2D eigenvalue weighted by Gasteiger charge is -2.11. The van der Waals surface area contributed by atoms with Crippen LogP contribution in [0.25, 0.3) is 0 Å². The van der Waals surface area contributed by atoms with Crippen molar-refractivity contribution in [3.8, 4) is 0 Å². The highest BCUT2D eigenvalue weighted by atomic mass is 14.1. The van der Waals surface area contributed by atoms with E-state index in [4.69, 9.17) is 0 Å². The summed E-state index contributed by atoms with van der Waals surface area (Å²) in [5.74, 6) is 0.467. The van der Waals surface area contributed by atoms with Gasteiger partial charge in [0.25, 0.3) is 0 Å². The predicted octanol–water partition coefficient (Wildman–Crippen LogP) is 5.17. The minimum Gasteiger partial charge on any atom is -0.0622 e. The summed E-state index contributed by atoms with van der Waals surface area (Å²) in [6.45, 7) is 8.09. The van der Waals surface area contributed by atoms with Gasteiger partial charge in [0.1, 0.15) is 0 Å². The maximum absolute atomic E-state index is 4.23. The Bertz CT molecular complexity index is 250. The van der Waals surface area contributed by atoms with E-state index in [0.717, 1.165) is 6.42 Å². The first kappa shape index (κ1) is 13.3. The third-order valence-corrected chi connectivity index (χ3v) is 3.07. The lowest BCUT2D eigenvalue weighted by atomic mass is 9.95. The van der Waals surface area contributed by atoms with Gasteiger partial charge in [-0.25, -0.2) is 0 Å². The molecule has 1 aromatic carbocycles. The third-order valence-electron chi connectivity index (χ3n) is 3.07. The Morgan fingerprint density at radius 3 is 2.19 bits per heavy atom. The first-order chi connectivity index (χ1) is 7.84. The van der Waals surface area contributed by atoms with Crippen molar-refractivity contribution in [2.24, 2.45) is 0 Å². The van der Waals surface area contributed by atoms with E-state index in [2.05, 4.69) is 44.2 Å². The molecule has 0 nitrogen and oxygen atoms in total. The fourth-order valence-electron chi connectivity index (χ4n) is 1.99. The second kappa shape index (κ2) is 8.38. The lowest BCUT2D eigenvalue weighted by Crippen LogP contribution is -1.93. The molecule has 2 radical (unpaired) electrons. The average molecular weight is 216 g/mol. The Balaban J connectivity index is 2.09. The van der Waals surface area contributed by atoms with Crippen LogP contribution in [0.3, 0.4) is 0 Å². The Morgan fingerprint density at radius 2 is 1.50 bits per heavy atom. The van der Waals surface area contributed by atoms with Crippen molar-refractivity contribution in [1.29, 1.82) is 0 Å². The van der Waals surface area contributed by atoms with Crippen LogP contribution < -0.4 is 0 Å². The number of hydrogen-bond donors (Lipinski definition) is 0. The average Bonchev–Trinajstić information content (AvgIpc) is 2.34. The Morgan fingerprint density at radius 1 is 0.875 bits per heavy atom. The van der Waals surface area contributed by atoms with Crippen LogP contribution in [0.2, 0.25) is 0 Å². The van der Waals surface area contributed by atoms with E-state index in [1.807, 2.05) is 0 Å². The summed E-state index contributed by atoms with van der Waals surface area (Å²) in [4.78, 5) is 0. The third kappa shape index (κ3) is 5.34. The van der Waals surface area contributed by atoms with Crippen LogP contribution in [0, 0.1) is 13.8 Å². The molecule has 0 aliphatic carbocycles. The minimum atomic E-state index is 0.467. The highest BCUT2D eigenvalue weighted by molar-refractivity contribution is 5.20. The van der Waals surface area contributed by atoms with E-state index >= 15 is 0 Å². The van der Waals surface area contributed by atoms with Crippen LogP contribution in [0.1, 0.15) is 56.4 Å². The molecule has 0 heteroatoms. The molecule has 0 saturated heterocycles. The lowest BCUT2D eigenvalue weighted by molar-refractivity contribution is 0.577. The van der Waals surface area contributed by atoms with Crippen molar-refractivity contribution in [2.75, 3.05) is 0 Å². The van der Waals surface area contributed by atoms with Crippen molar-refractivity contribution in [2.45, 2.75) is 50.9 Å². The van der Waals surface area contributed by atoms with Crippen LogP contribution >= 0.6 is 0 Å². The molecule has 1 aromatic rings. The summed E-state index contributed by atoms with van der Waals surface area (Å²) in [5.41, 5.74) is 1.38. The smallest absolute Gasteiger partial charge is 0.0162 e. The van der Waals surface area contributed by atoms with Gasteiger partial charge in [0.15, 0.2) is 0 Å². The van der Waals surface area contributed by atoms with Crippen molar-refractivity contribution >= 4 is 0 Å². The summed E-state index contributed by atoms with van der Waals surface area (Å²) >= 11 is 0. The highest BCUT2D eigenvalue weighted by Gasteiger charge is 2.03. The van der Waals surface area contributed by atoms with Gasteiger partial charge >= 0.3 is 0 Å². The number of rotatable bonds is 8. The van der Waals surface area contributed by atoms with Crippen LogP contribution in [-0.4, -0.2) is 0 Å². The molecule has 0 aromatic heterocycles. The maximum Gasteiger partial charge on any atom is -0.0162 e. The van der Waals surface area contributed by atoms with Gasteiger partial charge in [-0.3, -0.25) is 0 Å². The quantitative estimate of drug-likeness (QED) is 0.526. The Hall–Kier alpha value is -0.780. The number of hydrogen-bond acceptors (Lipinski definition) is 0. The zero-order valence-electron chi connectivity index (χ0n) is 10.3. The Labute approximate surface area is 101 Å². The molecule has 88 valence electrons. The van der Waals surface area contributed by atoms with Crippen LogP contribution in [-0.2, 0) is 0 Å². The largest absolute Gasteiger partial charge is 0.0622 e. The molecular weight excluding hydrogens is 192 g/mol. The zero-order valence-corrected chi connectivity index (χ0v) is 10.3. The summed E-state index contributed by atoms with van der Waals surface area (Å²) in [7, 11) is 0. The fourth-order valence-corrected chi connectivity index (χ4v) is 1.99. The van der Waals surface area contributed by atoms with E-state index < -0.39 is 0 Å². The summed E-state index contributed by atoms with van der Waals surface area (Å²) < 4.78 is 0. The van der Waals surface area contributed by atoms with Gasteiger partial charge in [0.2, 0.25) is 0 Å². The fraction of sp³-hybridized carbons (Fsp3) is 0.500. The van der Waals surface area contributed by atoms with E-state index in [0.29, 0.717) is 5.92 Å². The van der Waals surface area contributed by atoms with Crippen LogP contribution in [0.5, 0.6) is 0 Å². The second-order valence-corrected chi connectivity index (χ2v) is 4.52. The molecule has 0 N–H and O–H groups in total. The number of unbranched alkanes of at least 4 members (excludes halogenated alkanes) is 5. The molecule has 0 fully saturated rings. The molecule has 0 aliphatic rings. The molecule has 16 heavy (non-hydrogen) atoms. The number of benzene rings is 1. The molecule has 0 aliphatic heterocycles. The SMILES string of the molecule is [CH2]CCCCCCCC([CH2])c1ccccc1. The molecule has 0 spiro atoms. The van der Waals surface area contributed by atoms with E-state index in [1.165, 1.54) is 44.1 Å². The summed E-state index contributed by atoms with van der Waals surface area (Å²) in [6.07, 6.45) is 8.94. The van der Waals surface area contributed by atoms with Gasteiger partial charge in [-0.2, -0.15) is 0 Å². The monoisotopic (exact) mass is 216 g/mol. The van der Waals surface area contributed by atoms with Crippen molar-refractivity contribution in [3.63, 3.8) is 0 Å². The molecular formula is C16H24. The van der Waals surface area contributed by atoms with Crippen LogP contribution in [0.4, 0.5) is 0 Å². The Kier molecular flexibility index (Phi) is 6.96. The maximum atomic E-state index is 4.23. The molecule has 0 amide bonds. The zero-order chi connectivity index (χ0) is 11.6. The van der Waals surface area contributed by atoms with Crippen molar-refractivity contribution < 1.29 is 0 Å². The van der Waals surface area contributed by atoms with Crippen molar-refractivity contribution in [3.05, 3.63) is 49.7 Å². The normalized spacial score (nSPS) is 12.6. The molecule has 1 rings (SSSR count). The molecule has 0 bridgehead atoms. The second-order valence-electron chi connectivity index (χ2n) is 4.52. The summed E-state index contributed by atoms with van der Waals surface area (Å²) in [5, 5.41) is 0. The van der Waals surface area contributed by atoms with Gasteiger partial charge in [0, 0.05) is 0 Å². The van der Waals surface area contributed by atoms with E-state index in [9.17, 15) is 0 Å². The first-order valence-corrected chi connectivity index (χ1v) is 6.52. The molecule has 0 saturated carbocycles. The van der Waals surface area contributed by atoms with E-state index in [1.54, 1.807) is 0 Å². The van der Waals surface area contributed by atoms with Gasteiger partial charge in [-0.1, -0.05) is 75.8 Å². The molecule has 1 atom stereocenters. The van der Waals surface area contributed by atoms with Gasteiger partial charge in [-0.15, -0.1) is 0 Å². The predicted molar refractivity (Wildman–Crippen MR) is 72.2 cm³/mol. The highest BCUT2D eigenvalue weighted by Crippen LogP contribution is 2.21. The van der Waals surface area contributed by atoms with Crippen LogP contribution in [0.15, 0.2) is 30.3 Å². The molecule has 1 unspecified atom stereocenters. The minimum absolute atomic E-state index is 0.467. The van der Waals surface area contributed by atoms with Gasteiger partial charge < -0.3 is 0 Å². The summed E-state index contributed by atoms with van der Waals surface area (Å²) in [6, 6.07) is 10.6. The standard InChI is InChI=1S/C16H24/c1-3-4-5-6-7-9-12-15(2)16-13-10-8-11-14-16/h8,10-11,13-15H,1-7,9,12H2. The van der Waals surface area contributed by atoms with Crippen molar-refractivity contribution in [1.82, 2.24) is 0 Å². The topological polar surface area (TPSA) is 0 Å². The van der Waals surface area contributed by atoms with Gasteiger partial charge in [0.05, 0.1) is 0 Å². The first-order valence-electron chi connectivity index (χ1n) is 6.52. The van der Waals surface area contributed by atoms with E-state index in [-0.39, 0.29) is 0 Å². The molecule has 0 heterocycles.